The first-order chi connectivity index (χ1) is 8.41. The summed E-state index contributed by atoms with van der Waals surface area (Å²) in [6.45, 7) is 7.04. The molecule has 0 aromatic heterocycles. The summed E-state index contributed by atoms with van der Waals surface area (Å²) < 4.78 is 25.5. The van der Waals surface area contributed by atoms with Gasteiger partial charge in [-0.2, -0.15) is 0 Å². The number of sulfonamides is 1. The number of carbonyl (C=O) groups is 1. The smallest absolute Gasteiger partial charge is 0.303 e. The Balaban J connectivity index is 3.85. The molecule has 0 atom stereocenters. The Kier molecular flexibility index (Phi) is 8.95. The van der Waals surface area contributed by atoms with Crippen LogP contribution in [0.25, 0.3) is 0 Å². The predicted octanol–water partition coefficient (Wildman–Crippen LogP) is 0.503. The molecule has 6 nitrogen and oxygen atoms in total. The topological polar surface area (TPSA) is 86.7 Å². The van der Waals surface area contributed by atoms with E-state index in [0.717, 1.165) is 19.5 Å². The van der Waals surface area contributed by atoms with Gasteiger partial charge in [-0.15, -0.1) is 0 Å². The minimum absolute atomic E-state index is 0.113. The lowest BCUT2D eigenvalue weighted by Gasteiger charge is -2.19. The van der Waals surface area contributed by atoms with E-state index in [1.165, 1.54) is 0 Å². The Hall–Kier alpha value is -0.660. The standard InChI is InChI=1S/C11H24N2O4S/c1-3-8-13(4-2)9-7-12-18(16,17)10-5-6-11(14)15/h12H,3-10H2,1-2H3,(H,14,15). The maximum Gasteiger partial charge on any atom is 0.303 e. The number of nitrogens with zero attached hydrogens (tertiary/aromatic N) is 1. The highest BCUT2D eigenvalue weighted by Gasteiger charge is 2.11. The SMILES string of the molecule is CCCN(CC)CCNS(=O)(=O)CCCC(=O)O. The Labute approximate surface area is 109 Å². The molecule has 0 fully saturated rings. The van der Waals surface area contributed by atoms with Crippen LogP contribution in [0.5, 0.6) is 0 Å². The van der Waals surface area contributed by atoms with E-state index in [4.69, 9.17) is 5.11 Å². The van der Waals surface area contributed by atoms with Crippen LogP contribution in [0.4, 0.5) is 0 Å². The first kappa shape index (κ1) is 17.3. The molecular formula is C11H24N2O4S. The Bertz CT molecular complexity index is 330. The van der Waals surface area contributed by atoms with E-state index in [1.54, 1.807) is 0 Å². The molecule has 0 heterocycles. The summed E-state index contributed by atoms with van der Waals surface area (Å²) in [4.78, 5) is 12.4. The molecule has 0 aliphatic carbocycles. The summed E-state index contributed by atoms with van der Waals surface area (Å²) >= 11 is 0. The van der Waals surface area contributed by atoms with Gasteiger partial charge in [0.05, 0.1) is 5.75 Å². The lowest BCUT2D eigenvalue weighted by Crippen LogP contribution is -2.36. The molecule has 0 rings (SSSR count). The van der Waals surface area contributed by atoms with E-state index >= 15 is 0 Å². The monoisotopic (exact) mass is 280 g/mol. The van der Waals surface area contributed by atoms with Crippen molar-refractivity contribution in [3.8, 4) is 0 Å². The third kappa shape index (κ3) is 9.38. The molecule has 0 saturated heterocycles. The van der Waals surface area contributed by atoms with Gasteiger partial charge in [-0.1, -0.05) is 13.8 Å². The van der Waals surface area contributed by atoms with Gasteiger partial charge < -0.3 is 10.0 Å². The summed E-state index contributed by atoms with van der Waals surface area (Å²) in [7, 11) is -3.34. The third-order valence-electron chi connectivity index (χ3n) is 2.54. The van der Waals surface area contributed by atoms with E-state index in [1.807, 2.05) is 6.92 Å². The van der Waals surface area contributed by atoms with Crippen LogP contribution < -0.4 is 4.72 Å². The molecule has 0 aliphatic rings. The minimum Gasteiger partial charge on any atom is -0.481 e. The Morgan fingerprint density at radius 2 is 1.94 bits per heavy atom. The van der Waals surface area contributed by atoms with E-state index in [9.17, 15) is 13.2 Å². The number of hydrogen-bond donors (Lipinski definition) is 2. The van der Waals surface area contributed by atoms with Crippen molar-refractivity contribution in [3.05, 3.63) is 0 Å². The highest BCUT2D eigenvalue weighted by atomic mass is 32.2. The van der Waals surface area contributed by atoms with Crippen molar-refractivity contribution in [2.24, 2.45) is 0 Å². The molecule has 0 aromatic carbocycles. The molecule has 0 aromatic rings. The van der Waals surface area contributed by atoms with Crippen LogP contribution in [0.3, 0.4) is 0 Å². The van der Waals surface area contributed by atoms with E-state index in [0.29, 0.717) is 13.1 Å². The van der Waals surface area contributed by atoms with Gasteiger partial charge in [-0.3, -0.25) is 4.79 Å². The normalized spacial score (nSPS) is 11.9. The van der Waals surface area contributed by atoms with E-state index < -0.39 is 16.0 Å². The fourth-order valence-corrected chi connectivity index (χ4v) is 2.66. The van der Waals surface area contributed by atoms with Gasteiger partial charge in [-0.05, 0) is 25.9 Å². The molecule has 0 saturated carbocycles. The van der Waals surface area contributed by atoms with Crippen LogP contribution in [0, 0.1) is 0 Å². The fourth-order valence-electron chi connectivity index (χ4n) is 1.59. The van der Waals surface area contributed by atoms with Gasteiger partial charge in [0.15, 0.2) is 0 Å². The van der Waals surface area contributed by atoms with Crippen LogP contribution in [-0.4, -0.2) is 56.3 Å². The molecule has 0 amide bonds. The van der Waals surface area contributed by atoms with Crippen LogP contribution in [0.15, 0.2) is 0 Å². The van der Waals surface area contributed by atoms with Gasteiger partial charge in [-0.25, -0.2) is 13.1 Å². The zero-order valence-corrected chi connectivity index (χ0v) is 12.0. The van der Waals surface area contributed by atoms with Crippen LogP contribution in [-0.2, 0) is 14.8 Å². The molecule has 7 heteroatoms. The predicted molar refractivity (Wildman–Crippen MR) is 71.1 cm³/mol. The first-order valence-electron chi connectivity index (χ1n) is 6.32. The molecule has 18 heavy (non-hydrogen) atoms. The van der Waals surface area contributed by atoms with Crippen molar-refractivity contribution in [2.45, 2.75) is 33.1 Å². The highest BCUT2D eigenvalue weighted by molar-refractivity contribution is 7.89. The average molecular weight is 280 g/mol. The fraction of sp³-hybridized carbons (Fsp3) is 0.909. The zero-order chi connectivity index (χ0) is 14.0. The number of aliphatic carboxylic acids is 1. The minimum atomic E-state index is -3.34. The molecular weight excluding hydrogens is 256 g/mol. The molecule has 0 radical (unpaired) electrons. The maximum absolute atomic E-state index is 11.5. The summed E-state index contributed by atoms with van der Waals surface area (Å²) in [5.74, 6) is -1.09. The quantitative estimate of drug-likeness (QED) is 0.575. The van der Waals surface area contributed by atoms with Crippen molar-refractivity contribution < 1.29 is 18.3 Å². The van der Waals surface area contributed by atoms with Crippen molar-refractivity contribution in [1.82, 2.24) is 9.62 Å². The van der Waals surface area contributed by atoms with Crippen LogP contribution in [0.2, 0.25) is 0 Å². The number of carboxylic acid groups (broad SMARTS) is 1. The van der Waals surface area contributed by atoms with Crippen molar-refractivity contribution in [3.63, 3.8) is 0 Å². The van der Waals surface area contributed by atoms with Gasteiger partial charge in [0, 0.05) is 19.5 Å². The molecule has 0 spiro atoms. The van der Waals surface area contributed by atoms with E-state index in [-0.39, 0.29) is 18.6 Å². The second kappa shape index (κ2) is 9.29. The largest absolute Gasteiger partial charge is 0.481 e. The second-order valence-electron chi connectivity index (χ2n) is 4.14. The summed E-state index contributed by atoms with van der Waals surface area (Å²) in [5.41, 5.74) is 0. The number of nitrogens with one attached hydrogen (secondary N) is 1. The van der Waals surface area contributed by atoms with Gasteiger partial charge in [0.1, 0.15) is 0 Å². The number of rotatable bonds is 11. The van der Waals surface area contributed by atoms with Gasteiger partial charge in [0.25, 0.3) is 0 Å². The summed E-state index contributed by atoms with van der Waals surface area (Å²) in [5, 5.41) is 8.43. The first-order valence-corrected chi connectivity index (χ1v) is 7.98. The number of hydrogen-bond acceptors (Lipinski definition) is 4. The number of carboxylic acids is 1. The summed E-state index contributed by atoms with van der Waals surface area (Å²) in [6, 6.07) is 0. The Morgan fingerprint density at radius 3 is 2.44 bits per heavy atom. The molecule has 0 bridgehead atoms. The van der Waals surface area contributed by atoms with Gasteiger partial charge >= 0.3 is 5.97 Å². The molecule has 0 aliphatic heterocycles. The van der Waals surface area contributed by atoms with Crippen molar-refractivity contribution in [1.29, 1.82) is 0 Å². The average Bonchev–Trinajstić information content (AvgIpc) is 2.26. The number of likely N-dealkylation sites (N-methyl/N-ethyl adjacent to an activating group) is 1. The second-order valence-corrected chi connectivity index (χ2v) is 6.07. The van der Waals surface area contributed by atoms with Crippen molar-refractivity contribution in [2.75, 3.05) is 31.9 Å². The lowest BCUT2D eigenvalue weighted by atomic mass is 10.3. The zero-order valence-electron chi connectivity index (χ0n) is 11.2. The van der Waals surface area contributed by atoms with E-state index in [2.05, 4.69) is 16.5 Å². The Morgan fingerprint density at radius 1 is 1.28 bits per heavy atom. The van der Waals surface area contributed by atoms with Gasteiger partial charge in [0.2, 0.25) is 10.0 Å². The molecule has 2 N–H and O–H groups in total. The highest BCUT2D eigenvalue weighted by Crippen LogP contribution is 1.95. The summed E-state index contributed by atoms with van der Waals surface area (Å²) in [6.07, 6.45) is 1.08. The molecule has 0 unspecified atom stereocenters. The van der Waals surface area contributed by atoms with Crippen LogP contribution in [0.1, 0.15) is 33.1 Å². The molecule has 108 valence electrons. The third-order valence-corrected chi connectivity index (χ3v) is 4.01. The maximum atomic E-state index is 11.5. The van der Waals surface area contributed by atoms with Crippen LogP contribution >= 0.6 is 0 Å². The van der Waals surface area contributed by atoms with Crippen molar-refractivity contribution >= 4 is 16.0 Å². The lowest BCUT2D eigenvalue weighted by molar-refractivity contribution is -0.137.